The summed E-state index contributed by atoms with van der Waals surface area (Å²) in [6, 6.07) is 8.00. The third kappa shape index (κ3) is 2.33. The molecule has 2 saturated heterocycles. The molecular formula is C15H21N3O2. The van der Waals surface area contributed by atoms with Crippen LogP contribution in [-0.4, -0.2) is 43.2 Å². The predicted octanol–water partition coefficient (Wildman–Crippen LogP) is 1.34. The van der Waals surface area contributed by atoms with E-state index in [4.69, 9.17) is 4.74 Å². The second-order valence-electron chi connectivity index (χ2n) is 5.57. The van der Waals surface area contributed by atoms with Crippen molar-refractivity contribution in [1.82, 2.24) is 15.5 Å². The molecule has 2 heterocycles. The molecule has 1 aromatic carbocycles. The van der Waals surface area contributed by atoms with E-state index in [1.807, 2.05) is 29.2 Å². The van der Waals surface area contributed by atoms with Gasteiger partial charge in [0, 0.05) is 13.1 Å². The highest BCUT2D eigenvalue weighted by molar-refractivity contribution is 5.78. The second-order valence-corrected chi connectivity index (χ2v) is 5.57. The summed E-state index contributed by atoms with van der Waals surface area (Å²) in [5, 5.41) is 6.38. The van der Waals surface area contributed by atoms with Crippen LogP contribution in [0.3, 0.4) is 0 Å². The van der Waals surface area contributed by atoms with E-state index >= 15 is 0 Å². The molecule has 108 valence electrons. The fourth-order valence-electron chi connectivity index (χ4n) is 3.14. The molecule has 2 fully saturated rings. The van der Waals surface area contributed by atoms with Crippen molar-refractivity contribution < 1.29 is 9.53 Å². The van der Waals surface area contributed by atoms with Crippen LogP contribution < -0.4 is 15.4 Å². The first-order chi connectivity index (χ1) is 9.73. The van der Waals surface area contributed by atoms with E-state index in [-0.39, 0.29) is 11.6 Å². The van der Waals surface area contributed by atoms with Gasteiger partial charge in [-0.05, 0) is 43.6 Å². The minimum atomic E-state index is -0.0116. The van der Waals surface area contributed by atoms with Gasteiger partial charge in [0.25, 0.3) is 0 Å². The lowest BCUT2D eigenvalue weighted by Gasteiger charge is -2.40. The topological polar surface area (TPSA) is 53.6 Å². The van der Waals surface area contributed by atoms with Gasteiger partial charge in [0.05, 0.1) is 12.6 Å². The molecule has 2 N–H and O–H groups in total. The molecule has 1 spiro atoms. The molecule has 0 atom stereocenters. The number of methoxy groups -OCH3 is 1. The molecule has 0 bridgehead atoms. The fraction of sp³-hybridized carbons (Fsp3) is 0.533. The number of rotatable bonds is 3. The molecule has 3 rings (SSSR count). The summed E-state index contributed by atoms with van der Waals surface area (Å²) in [4.78, 5) is 14.2. The van der Waals surface area contributed by atoms with Gasteiger partial charge in [0.2, 0.25) is 0 Å². The van der Waals surface area contributed by atoms with Crippen molar-refractivity contribution in [3.8, 4) is 5.75 Å². The van der Waals surface area contributed by atoms with E-state index in [1.54, 1.807) is 7.11 Å². The Morgan fingerprint density at radius 2 is 1.95 bits per heavy atom. The van der Waals surface area contributed by atoms with E-state index < -0.39 is 0 Å². The highest BCUT2D eigenvalue weighted by Gasteiger charge is 2.45. The summed E-state index contributed by atoms with van der Waals surface area (Å²) >= 11 is 0. The Bertz CT molecular complexity index is 480. The molecule has 1 aromatic rings. The summed E-state index contributed by atoms with van der Waals surface area (Å²) in [6.07, 6.45) is 2.03. The minimum absolute atomic E-state index is 0.0116. The monoisotopic (exact) mass is 275 g/mol. The Labute approximate surface area is 119 Å². The van der Waals surface area contributed by atoms with Gasteiger partial charge in [0.15, 0.2) is 0 Å². The Morgan fingerprint density at radius 1 is 1.25 bits per heavy atom. The summed E-state index contributed by atoms with van der Waals surface area (Å²) in [7, 11) is 1.66. The average molecular weight is 275 g/mol. The molecule has 0 unspecified atom stereocenters. The second kappa shape index (κ2) is 5.32. The average Bonchev–Trinajstić information content (AvgIpc) is 2.78. The molecule has 5 nitrogen and oxygen atoms in total. The minimum Gasteiger partial charge on any atom is -0.497 e. The first-order valence-electron chi connectivity index (χ1n) is 7.13. The Hall–Kier alpha value is -1.75. The number of nitrogens with one attached hydrogen (secondary N) is 2. The van der Waals surface area contributed by atoms with Crippen LogP contribution >= 0.6 is 0 Å². The van der Waals surface area contributed by atoms with Crippen LogP contribution in [0.5, 0.6) is 5.75 Å². The third-order valence-corrected chi connectivity index (χ3v) is 4.42. The van der Waals surface area contributed by atoms with Gasteiger partial charge in [0.1, 0.15) is 5.75 Å². The standard InChI is InChI=1S/C15H21N3O2/c1-20-13-4-2-12(3-5-13)10-18-14(19)17-11-15(18)6-8-16-9-7-15/h2-5,16H,6-11H2,1H3,(H,17,19). The molecule has 0 aliphatic carbocycles. The van der Waals surface area contributed by atoms with Gasteiger partial charge < -0.3 is 20.3 Å². The van der Waals surface area contributed by atoms with Crippen molar-refractivity contribution in [3.63, 3.8) is 0 Å². The molecule has 0 aromatic heterocycles. The first kappa shape index (κ1) is 13.2. The number of carbonyl (C=O) groups excluding carboxylic acids is 1. The Morgan fingerprint density at radius 3 is 2.60 bits per heavy atom. The Kier molecular flexibility index (Phi) is 3.53. The van der Waals surface area contributed by atoms with Crippen LogP contribution in [0.2, 0.25) is 0 Å². The number of nitrogens with zero attached hydrogens (tertiary/aromatic N) is 1. The highest BCUT2D eigenvalue weighted by atomic mass is 16.5. The van der Waals surface area contributed by atoms with Crippen LogP contribution in [-0.2, 0) is 6.54 Å². The first-order valence-corrected chi connectivity index (χ1v) is 7.13. The fourth-order valence-corrected chi connectivity index (χ4v) is 3.14. The maximum absolute atomic E-state index is 12.1. The summed E-state index contributed by atoms with van der Waals surface area (Å²) < 4.78 is 5.17. The number of ether oxygens (including phenoxy) is 1. The van der Waals surface area contributed by atoms with Gasteiger partial charge in [-0.3, -0.25) is 0 Å². The van der Waals surface area contributed by atoms with E-state index in [0.29, 0.717) is 6.54 Å². The van der Waals surface area contributed by atoms with Crippen molar-refractivity contribution in [3.05, 3.63) is 29.8 Å². The number of benzene rings is 1. The SMILES string of the molecule is COc1ccc(CN2C(=O)NCC23CCNCC3)cc1. The Balaban J connectivity index is 1.77. The lowest BCUT2D eigenvalue weighted by molar-refractivity contribution is 0.120. The lowest BCUT2D eigenvalue weighted by atomic mass is 9.87. The smallest absolute Gasteiger partial charge is 0.318 e. The van der Waals surface area contributed by atoms with Crippen molar-refractivity contribution in [2.75, 3.05) is 26.7 Å². The largest absolute Gasteiger partial charge is 0.497 e. The van der Waals surface area contributed by atoms with Crippen LogP contribution in [0.4, 0.5) is 4.79 Å². The van der Waals surface area contributed by atoms with Crippen molar-refractivity contribution in [2.24, 2.45) is 0 Å². The molecule has 2 aliphatic heterocycles. The van der Waals surface area contributed by atoms with Crippen molar-refractivity contribution in [1.29, 1.82) is 0 Å². The van der Waals surface area contributed by atoms with E-state index in [1.165, 1.54) is 0 Å². The molecular weight excluding hydrogens is 254 g/mol. The molecule has 0 saturated carbocycles. The van der Waals surface area contributed by atoms with Gasteiger partial charge >= 0.3 is 6.03 Å². The zero-order chi connectivity index (χ0) is 14.0. The quantitative estimate of drug-likeness (QED) is 0.875. The van der Waals surface area contributed by atoms with Crippen LogP contribution in [0, 0.1) is 0 Å². The van der Waals surface area contributed by atoms with Gasteiger partial charge in [-0.15, -0.1) is 0 Å². The normalized spacial score (nSPS) is 21.1. The number of piperidine rings is 1. The van der Waals surface area contributed by atoms with Gasteiger partial charge in [-0.25, -0.2) is 4.79 Å². The summed E-state index contributed by atoms with van der Waals surface area (Å²) in [5.41, 5.74) is 1.13. The molecule has 2 amide bonds. The van der Waals surface area contributed by atoms with Crippen molar-refractivity contribution in [2.45, 2.75) is 24.9 Å². The van der Waals surface area contributed by atoms with Crippen LogP contribution in [0.15, 0.2) is 24.3 Å². The highest BCUT2D eigenvalue weighted by Crippen LogP contribution is 2.31. The van der Waals surface area contributed by atoms with E-state index in [9.17, 15) is 4.79 Å². The summed E-state index contributed by atoms with van der Waals surface area (Å²) in [5.74, 6) is 0.844. The maximum Gasteiger partial charge on any atom is 0.318 e. The molecule has 5 heteroatoms. The summed E-state index contributed by atoms with van der Waals surface area (Å²) in [6.45, 7) is 3.39. The molecule has 20 heavy (non-hydrogen) atoms. The van der Waals surface area contributed by atoms with E-state index in [2.05, 4.69) is 10.6 Å². The van der Waals surface area contributed by atoms with Gasteiger partial charge in [-0.2, -0.15) is 0 Å². The molecule has 0 radical (unpaired) electrons. The zero-order valence-electron chi connectivity index (χ0n) is 11.8. The number of carbonyl (C=O) groups is 1. The van der Waals surface area contributed by atoms with Gasteiger partial charge in [-0.1, -0.05) is 12.1 Å². The third-order valence-electron chi connectivity index (χ3n) is 4.42. The van der Waals surface area contributed by atoms with Crippen molar-refractivity contribution >= 4 is 6.03 Å². The van der Waals surface area contributed by atoms with Crippen LogP contribution in [0.25, 0.3) is 0 Å². The predicted molar refractivity (Wildman–Crippen MR) is 76.8 cm³/mol. The number of urea groups is 1. The molecule has 2 aliphatic rings. The number of hydrogen-bond donors (Lipinski definition) is 2. The number of amides is 2. The van der Waals surface area contributed by atoms with E-state index in [0.717, 1.165) is 43.8 Å². The lowest BCUT2D eigenvalue weighted by Crippen LogP contribution is -2.53. The number of hydrogen-bond acceptors (Lipinski definition) is 3. The zero-order valence-corrected chi connectivity index (χ0v) is 11.8. The van der Waals surface area contributed by atoms with Crippen LogP contribution in [0.1, 0.15) is 18.4 Å². The maximum atomic E-state index is 12.1.